The monoisotopic (exact) mass is 843 g/mol. The molecule has 61 heavy (non-hydrogen) atoms. The van der Waals surface area contributed by atoms with Crippen LogP contribution in [-0.2, 0) is 22.1 Å². The molecule has 1 atom stereocenters. The minimum Gasteiger partial charge on any atom is -0.383 e. The number of nitrogens with zero attached hydrogens (tertiary/aromatic N) is 4. The molecule has 2 amide bonds. The van der Waals surface area contributed by atoms with Gasteiger partial charge in [0.1, 0.15) is 17.6 Å². The van der Waals surface area contributed by atoms with E-state index < -0.39 is 23.2 Å². The molecule has 13 heteroatoms. The summed E-state index contributed by atoms with van der Waals surface area (Å²) in [5.41, 5.74) is 8.68. The second-order valence-electron chi connectivity index (χ2n) is 14.7. The predicted molar refractivity (Wildman–Crippen MR) is 247 cm³/mol. The summed E-state index contributed by atoms with van der Waals surface area (Å²) in [5.74, 6) is -0.782. The van der Waals surface area contributed by atoms with Gasteiger partial charge in [0.05, 0.1) is 23.5 Å². The van der Waals surface area contributed by atoms with E-state index in [1.54, 1.807) is 39.4 Å². The smallest absolute Gasteiger partial charge is 0.288 e. The Hall–Kier alpha value is -5.90. The Bertz CT molecular complexity index is 2090. The SMILES string of the molecule is C#CCC.CC.CC.CCC/C=C(\C)C[C@@H](NC(=O)C1CC1)C(=O)NC(C)(C)Cn1nc(C(C)(F)F)cc1-c1cccc(=O)[nH]1.CN=Cc1cc(-c2ccccc2)cnc1N. The molecule has 3 aromatic heterocycles. The Morgan fingerprint density at radius 1 is 1.05 bits per heavy atom. The first-order valence-corrected chi connectivity index (χ1v) is 21.1. The van der Waals surface area contributed by atoms with Crippen LogP contribution in [0.25, 0.3) is 22.5 Å². The average molecular weight is 843 g/mol. The number of rotatable bonds is 14. The van der Waals surface area contributed by atoms with Crippen molar-refractivity contribution in [2.24, 2.45) is 10.9 Å². The van der Waals surface area contributed by atoms with Crippen molar-refractivity contribution < 1.29 is 18.4 Å². The topological polar surface area (TPSA) is 160 Å². The summed E-state index contributed by atoms with van der Waals surface area (Å²) in [6.07, 6.45) is 15.1. The number of unbranched alkanes of at least 4 members (excludes halogenated alkanes) is 1. The standard InChI is InChI=1S/C27H37F2N5O3.C13H13N3.C4H6.2C2H6/c1-6-7-9-17(2)14-20(31-24(36)18-12-13-18)25(37)32-26(3,4)16-34-21(15-22(33-34)27(5,28)29)19-10-8-11-23(35)30-19;1-15-8-12-7-11(9-16-13(12)14)10-5-3-2-4-6-10;1-3-4-2;2*1-2/h8-11,15,18,20H,6-7,12-14,16H2,1-5H3,(H,30,35)(H,31,36)(H,32,37);2-9H,1H3,(H2,14,16);1H,4H2,2H3;2*1-2H3/b17-9+;;;;/t20-;;;;/m1..../s1. The van der Waals surface area contributed by atoms with Crippen LogP contribution in [0.3, 0.4) is 0 Å². The highest BCUT2D eigenvalue weighted by Crippen LogP contribution is 2.31. The van der Waals surface area contributed by atoms with Crippen LogP contribution in [0.15, 0.2) is 88.3 Å². The van der Waals surface area contributed by atoms with Gasteiger partial charge < -0.3 is 21.4 Å². The van der Waals surface area contributed by atoms with Crippen molar-refractivity contribution in [3.63, 3.8) is 0 Å². The maximum Gasteiger partial charge on any atom is 0.288 e. The number of H-pyrrole nitrogens is 1. The Kier molecular flexibility index (Phi) is 23.6. The van der Waals surface area contributed by atoms with E-state index in [1.807, 2.05) is 77.9 Å². The zero-order chi connectivity index (χ0) is 46.2. The average Bonchev–Trinajstić information content (AvgIpc) is 4.01. The maximum atomic E-state index is 14.1. The first-order chi connectivity index (χ1) is 29.0. The van der Waals surface area contributed by atoms with Crippen LogP contribution in [-0.4, -0.2) is 56.4 Å². The molecule has 11 nitrogen and oxygen atoms in total. The number of terminal acetylenes is 1. The molecule has 0 spiro atoms. The first kappa shape index (κ1) is 53.1. The van der Waals surface area contributed by atoms with Gasteiger partial charge in [-0.2, -0.15) is 13.9 Å². The summed E-state index contributed by atoms with van der Waals surface area (Å²) in [6.45, 7) is 18.3. The van der Waals surface area contributed by atoms with E-state index in [0.717, 1.165) is 61.3 Å². The van der Waals surface area contributed by atoms with Gasteiger partial charge in [0.15, 0.2) is 0 Å². The number of alkyl halides is 2. The Morgan fingerprint density at radius 2 is 1.69 bits per heavy atom. The molecule has 1 fully saturated rings. The van der Waals surface area contributed by atoms with Crippen molar-refractivity contribution >= 4 is 23.8 Å². The fraction of sp³-hybridized carbons (Fsp3) is 0.458. The van der Waals surface area contributed by atoms with E-state index in [1.165, 1.54) is 22.9 Å². The number of amides is 2. The molecule has 1 aromatic carbocycles. The number of anilines is 1. The summed E-state index contributed by atoms with van der Waals surface area (Å²) >= 11 is 0. The molecular weight excluding hydrogens is 775 g/mol. The third-order valence-corrected chi connectivity index (χ3v) is 8.70. The van der Waals surface area contributed by atoms with E-state index >= 15 is 0 Å². The lowest BCUT2D eigenvalue weighted by Crippen LogP contribution is -2.55. The number of hydrogen-bond acceptors (Lipinski definition) is 7. The van der Waals surface area contributed by atoms with Crippen LogP contribution >= 0.6 is 0 Å². The molecule has 1 aliphatic carbocycles. The minimum atomic E-state index is -3.19. The molecule has 0 saturated heterocycles. The van der Waals surface area contributed by atoms with Crippen molar-refractivity contribution in [3.8, 4) is 34.9 Å². The molecular formula is C48H68F2N8O3. The number of carbonyl (C=O) groups excluding carboxylic acids is 2. The zero-order valence-corrected chi connectivity index (χ0v) is 38.0. The second-order valence-corrected chi connectivity index (χ2v) is 14.7. The number of benzene rings is 1. The summed E-state index contributed by atoms with van der Waals surface area (Å²) in [6, 6.07) is 17.0. The minimum absolute atomic E-state index is 0.0444. The molecule has 332 valence electrons. The number of allylic oxidation sites excluding steroid dienone is 1. The van der Waals surface area contributed by atoms with Crippen molar-refractivity contribution in [1.82, 2.24) is 30.4 Å². The molecule has 0 unspecified atom stereocenters. The number of pyridine rings is 2. The van der Waals surface area contributed by atoms with Gasteiger partial charge in [-0.15, -0.1) is 12.3 Å². The van der Waals surface area contributed by atoms with E-state index in [0.29, 0.717) is 23.6 Å². The van der Waals surface area contributed by atoms with Crippen molar-refractivity contribution in [2.75, 3.05) is 12.8 Å². The van der Waals surface area contributed by atoms with E-state index in [2.05, 4.69) is 49.6 Å². The number of nitrogens with two attached hydrogens (primary N) is 1. The predicted octanol–water partition coefficient (Wildman–Crippen LogP) is 9.74. The van der Waals surface area contributed by atoms with Gasteiger partial charge in [-0.05, 0) is 70.2 Å². The Labute approximate surface area is 362 Å². The van der Waals surface area contributed by atoms with Crippen molar-refractivity contribution in [3.05, 3.63) is 100 Å². The van der Waals surface area contributed by atoms with E-state index in [4.69, 9.17) is 12.2 Å². The van der Waals surface area contributed by atoms with Crippen LogP contribution in [0.1, 0.15) is 119 Å². The summed E-state index contributed by atoms with van der Waals surface area (Å²) in [5, 5.41) is 9.96. The lowest BCUT2D eigenvalue weighted by molar-refractivity contribution is -0.130. The molecule has 0 aliphatic heterocycles. The van der Waals surface area contributed by atoms with Crippen LogP contribution in [0.4, 0.5) is 14.6 Å². The van der Waals surface area contributed by atoms with Gasteiger partial charge in [0, 0.05) is 55.9 Å². The Balaban J connectivity index is 0.000000637. The molecule has 5 N–H and O–H groups in total. The number of carbonyl (C=O) groups is 2. The quantitative estimate of drug-likeness (QED) is 0.0562. The third kappa shape index (κ3) is 18.9. The number of aromatic amines is 1. The highest BCUT2D eigenvalue weighted by molar-refractivity contribution is 5.90. The van der Waals surface area contributed by atoms with Crippen LogP contribution in [0.2, 0.25) is 0 Å². The highest BCUT2D eigenvalue weighted by atomic mass is 19.3. The van der Waals surface area contributed by atoms with Crippen LogP contribution < -0.4 is 21.9 Å². The molecule has 4 aromatic rings. The molecule has 0 bridgehead atoms. The van der Waals surface area contributed by atoms with Gasteiger partial charge >= 0.3 is 0 Å². The number of aromatic nitrogens is 4. The highest BCUT2D eigenvalue weighted by Gasteiger charge is 2.35. The fourth-order valence-electron chi connectivity index (χ4n) is 5.56. The molecule has 1 saturated carbocycles. The molecule has 5 rings (SSSR count). The molecule has 0 radical (unpaired) electrons. The number of nitrogens with one attached hydrogen (secondary N) is 3. The summed E-state index contributed by atoms with van der Waals surface area (Å²) in [4.78, 5) is 48.4. The normalized spacial score (nSPS) is 12.7. The largest absolute Gasteiger partial charge is 0.383 e. The first-order valence-electron chi connectivity index (χ1n) is 21.1. The van der Waals surface area contributed by atoms with Gasteiger partial charge in [0.25, 0.3) is 5.92 Å². The van der Waals surface area contributed by atoms with Crippen molar-refractivity contribution in [2.45, 2.75) is 132 Å². The van der Waals surface area contributed by atoms with E-state index in [9.17, 15) is 23.2 Å². The van der Waals surface area contributed by atoms with Gasteiger partial charge in [-0.3, -0.25) is 24.1 Å². The number of halogens is 2. The number of aliphatic imine (C=N–C) groups is 1. The summed E-state index contributed by atoms with van der Waals surface area (Å²) < 4.78 is 29.6. The van der Waals surface area contributed by atoms with Gasteiger partial charge in [-0.25, -0.2) is 4.98 Å². The fourth-order valence-corrected chi connectivity index (χ4v) is 5.56. The third-order valence-electron chi connectivity index (χ3n) is 8.70. The molecule has 1 aliphatic rings. The maximum absolute atomic E-state index is 14.1. The zero-order valence-electron chi connectivity index (χ0n) is 38.0. The van der Waals surface area contributed by atoms with Gasteiger partial charge in [-0.1, -0.05) is 96.0 Å². The lowest BCUT2D eigenvalue weighted by atomic mass is 10.0. The Morgan fingerprint density at radius 3 is 2.23 bits per heavy atom. The summed E-state index contributed by atoms with van der Waals surface area (Å²) in [7, 11) is 1.72. The van der Waals surface area contributed by atoms with Gasteiger partial charge in [0.2, 0.25) is 17.4 Å². The lowest BCUT2D eigenvalue weighted by Gasteiger charge is -2.30. The van der Waals surface area contributed by atoms with E-state index in [-0.39, 0.29) is 29.8 Å². The number of hydrogen-bond donors (Lipinski definition) is 4. The second kappa shape index (κ2) is 27.0. The molecule has 3 heterocycles. The van der Waals surface area contributed by atoms with Crippen LogP contribution in [0.5, 0.6) is 0 Å². The number of nitrogen functional groups attached to an aromatic ring is 1. The van der Waals surface area contributed by atoms with Crippen molar-refractivity contribution in [1.29, 1.82) is 0 Å². The van der Waals surface area contributed by atoms with Crippen LogP contribution in [0, 0.1) is 18.3 Å².